The molecule has 1 rings (SSSR count). The monoisotopic (exact) mass is 300 g/mol. The maximum absolute atomic E-state index is 12.0. The average Bonchev–Trinajstić information content (AvgIpc) is 2.38. The predicted octanol–water partition coefficient (Wildman–Crippen LogP) is 3.68. The Morgan fingerprint density at radius 1 is 1.10 bits per heavy atom. The molecule has 0 aliphatic rings. The molecule has 0 aliphatic carbocycles. The molecular weight excluding hydrogens is 276 g/mol. The van der Waals surface area contributed by atoms with E-state index in [0.717, 1.165) is 24.8 Å². The van der Waals surface area contributed by atoms with E-state index in [9.17, 15) is 8.42 Å². The van der Waals surface area contributed by atoms with Crippen molar-refractivity contribution in [3.63, 3.8) is 0 Å². The van der Waals surface area contributed by atoms with E-state index in [1.165, 1.54) is 6.42 Å². The van der Waals surface area contributed by atoms with Gasteiger partial charge < -0.3 is 4.74 Å². The van der Waals surface area contributed by atoms with Crippen molar-refractivity contribution in [1.29, 1.82) is 0 Å². The van der Waals surface area contributed by atoms with Crippen LogP contribution in [-0.2, 0) is 14.3 Å². The van der Waals surface area contributed by atoms with Crippen LogP contribution >= 0.6 is 0 Å². The van der Waals surface area contributed by atoms with Crippen LogP contribution in [0.4, 0.5) is 0 Å². The molecule has 0 heterocycles. The Morgan fingerprint density at radius 2 is 1.85 bits per heavy atom. The molecule has 20 heavy (non-hydrogen) atoms. The highest BCUT2D eigenvalue weighted by Crippen LogP contribution is 2.27. The molecule has 0 fully saturated rings. The van der Waals surface area contributed by atoms with Gasteiger partial charge in [0.1, 0.15) is 10.6 Å². The van der Waals surface area contributed by atoms with Crippen molar-refractivity contribution in [1.82, 2.24) is 0 Å². The van der Waals surface area contributed by atoms with Crippen molar-refractivity contribution in [3.05, 3.63) is 23.8 Å². The average molecular weight is 300 g/mol. The lowest BCUT2D eigenvalue weighted by molar-refractivity contribution is 0.291. The van der Waals surface area contributed by atoms with Crippen LogP contribution in [0.5, 0.6) is 5.75 Å². The van der Waals surface area contributed by atoms with Crippen molar-refractivity contribution in [3.8, 4) is 5.75 Å². The van der Waals surface area contributed by atoms with Gasteiger partial charge in [0.05, 0.1) is 13.2 Å². The number of aryl methyl sites for hydroxylation is 1. The fourth-order valence-corrected chi connectivity index (χ4v) is 2.90. The molecule has 0 radical (unpaired) electrons. The van der Waals surface area contributed by atoms with E-state index in [2.05, 4.69) is 6.92 Å². The molecule has 0 bridgehead atoms. The Labute approximate surface area is 122 Å². The van der Waals surface area contributed by atoms with Crippen LogP contribution in [0.1, 0.15) is 45.1 Å². The second-order valence-corrected chi connectivity index (χ2v) is 6.30. The van der Waals surface area contributed by atoms with Crippen LogP contribution in [0.2, 0.25) is 0 Å². The van der Waals surface area contributed by atoms with Crippen LogP contribution < -0.4 is 4.74 Å². The fourth-order valence-electron chi connectivity index (χ4n) is 1.86. The molecule has 4 nitrogen and oxygen atoms in total. The first-order chi connectivity index (χ1) is 9.51. The summed E-state index contributed by atoms with van der Waals surface area (Å²) in [5, 5.41) is 0. The summed E-state index contributed by atoms with van der Waals surface area (Å²) < 4.78 is 34.5. The minimum Gasteiger partial charge on any atom is -0.492 e. The van der Waals surface area contributed by atoms with Gasteiger partial charge in [-0.3, -0.25) is 4.18 Å². The molecular formula is C15H24O4S. The lowest BCUT2D eigenvalue weighted by atomic mass is 10.2. The first-order valence-corrected chi connectivity index (χ1v) is 8.55. The van der Waals surface area contributed by atoms with Gasteiger partial charge in [0.2, 0.25) is 0 Å². The van der Waals surface area contributed by atoms with Crippen LogP contribution in [0.3, 0.4) is 0 Å². The lowest BCUT2D eigenvalue weighted by Crippen LogP contribution is -2.09. The van der Waals surface area contributed by atoms with Gasteiger partial charge in [0.15, 0.2) is 0 Å². The Hall–Kier alpha value is -1.07. The highest BCUT2D eigenvalue weighted by molar-refractivity contribution is 7.86. The van der Waals surface area contributed by atoms with Gasteiger partial charge in [-0.05, 0) is 38.0 Å². The summed E-state index contributed by atoms with van der Waals surface area (Å²) >= 11 is 0. The van der Waals surface area contributed by atoms with Gasteiger partial charge in [-0.25, -0.2) is 0 Å². The van der Waals surface area contributed by atoms with Crippen molar-refractivity contribution in [2.75, 3.05) is 13.2 Å². The molecule has 1 aromatic rings. The molecule has 0 N–H and O–H groups in total. The predicted molar refractivity (Wildman–Crippen MR) is 79.6 cm³/mol. The molecule has 0 aliphatic heterocycles. The normalized spacial score (nSPS) is 11.6. The van der Waals surface area contributed by atoms with Crippen molar-refractivity contribution in [2.45, 2.75) is 51.3 Å². The minimum absolute atomic E-state index is 0.112. The second kappa shape index (κ2) is 8.27. The maximum atomic E-state index is 12.0. The third kappa shape index (κ3) is 5.13. The zero-order chi connectivity index (χ0) is 15.0. The summed E-state index contributed by atoms with van der Waals surface area (Å²) in [5.41, 5.74) is 0.962. The summed E-state index contributed by atoms with van der Waals surface area (Å²) in [7, 11) is -3.73. The van der Waals surface area contributed by atoms with Crippen LogP contribution in [0, 0.1) is 6.92 Å². The van der Waals surface area contributed by atoms with E-state index in [1.807, 2.05) is 6.92 Å². The summed E-state index contributed by atoms with van der Waals surface area (Å²) in [6.45, 7) is 6.34. The third-order valence-electron chi connectivity index (χ3n) is 2.90. The Bertz CT molecular complexity index is 509. The van der Waals surface area contributed by atoms with E-state index >= 15 is 0 Å². The highest BCUT2D eigenvalue weighted by Gasteiger charge is 2.20. The molecule has 0 unspecified atom stereocenters. The van der Waals surface area contributed by atoms with Gasteiger partial charge in [-0.15, -0.1) is 0 Å². The molecule has 5 heteroatoms. The standard InChI is InChI=1S/C15H24O4S/c1-4-6-7-8-11-18-14-12-13(3)9-10-15(14)20(16,17)19-5-2/h9-10,12H,4-8,11H2,1-3H3. The largest absolute Gasteiger partial charge is 0.492 e. The Morgan fingerprint density at radius 3 is 2.50 bits per heavy atom. The number of benzene rings is 1. The van der Waals surface area contributed by atoms with Gasteiger partial charge in [-0.2, -0.15) is 8.42 Å². The van der Waals surface area contributed by atoms with Crippen molar-refractivity contribution < 1.29 is 17.3 Å². The van der Waals surface area contributed by atoms with E-state index in [1.54, 1.807) is 25.1 Å². The number of unbranched alkanes of at least 4 members (excludes halogenated alkanes) is 3. The summed E-state index contributed by atoms with van der Waals surface area (Å²) in [6, 6.07) is 5.03. The first kappa shape index (κ1) is 17.0. The quantitative estimate of drug-likeness (QED) is 0.515. The van der Waals surface area contributed by atoms with Gasteiger partial charge in [0.25, 0.3) is 0 Å². The summed E-state index contributed by atoms with van der Waals surface area (Å²) in [5.74, 6) is 0.384. The smallest absolute Gasteiger partial charge is 0.300 e. The van der Waals surface area contributed by atoms with Crippen LogP contribution in [0.15, 0.2) is 23.1 Å². The molecule has 0 saturated carbocycles. The topological polar surface area (TPSA) is 52.6 Å². The molecule has 114 valence electrons. The highest BCUT2D eigenvalue weighted by atomic mass is 32.2. The summed E-state index contributed by atoms with van der Waals surface area (Å²) in [6.07, 6.45) is 4.35. The van der Waals surface area contributed by atoms with Crippen molar-refractivity contribution >= 4 is 10.1 Å². The number of hydrogen-bond donors (Lipinski definition) is 0. The van der Waals surface area contributed by atoms with E-state index < -0.39 is 10.1 Å². The molecule has 0 spiro atoms. The zero-order valence-electron chi connectivity index (χ0n) is 12.5. The Balaban J connectivity index is 2.80. The summed E-state index contributed by atoms with van der Waals surface area (Å²) in [4.78, 5) is 0.112. The molecule has 0 atom stereocenters. The minimum atomic E-state index is -3.73. The van der Waals surface area contributed by atoms with E-state index in [-0.39, 0.29) is 11.5 Å². The van der Waals surface area contributed by atoms with Crippen LogP contribution in [0.25, 0.3) is 0 Å². The fraction of sp³-hybridized carbons (Fsp3) is 0.600. The van der Waals surface area contributed by atoms with Gasteiger partial charge >= 0.3 is 10.1 Å². The van der Waals surface area contributed by atoms with E-state index in [0.29, 0.717) is 12.4 Å². The van der Waals surface area contributed by atoms with Gasteiger partial charge in [-0.1, -0.05) is 32.3 Å². The third-order valence-corrected chi connectivity index (χ3v) is 4.32. The van der Waals surface area contributed by atoms with Crippen LogP contribution in [-0.4, -0.2) is 21.6 Å². The zero-order valence-corrected chi connectivity index (χ0v) is 13.3. The second-order valence-electron chi connectivity index (χ2n) is 4.72. The lowest BCUT2D eigenvalue weighted by Gasteiger charge is -2.12. The maximum Gasteiger partial charge on any atom is 0.300 e. The number of rotatable bonds is 9. The van der Waals surface area contributed by atoms with Gasteiger partial charge in [0, 0.05) is 0 Å². The molecule has 0 aromatic heterocycles. The first-order valence-electron chi connectivity index (χ1n) is 7.14. The number of hydrogen-bond acceptors (Lipinski definition) is 4. The number of ether oxygens (including phenoxy) is 1. The van der Waals surface area contributed by atoms with E-state index in [4.69, 9.17) is 8.92 Å². The molecule has 1 aromatic carbocycles. The van der Waals surface area contributed by atoms with Crippen molar-refractivity contribution in [2.24, 2.45) is 0 Å². The Kier molecular flexibility index (Phi) is 7.02. The molecule has 0 amide bonds. The SMILES string of the molecule is CCCCCCOc1cc(C)ccc1S(=O)(=O)OCC. The molecule has 0 saturated heterocycles.